The summed E-state index contributed by atoms with van der Waals surface area (Å²) in [4.78, 5) is 0. The minimum absolute atomic E-state index is 0.188. The van der Waals surface area contributed by atoms with Crippen LogP contribution in [0.3, 0.4) is 0 Å². The van der Waals surface area contributed by atoms with Crippen LogP contribution in [0, 0.1) is 17.8 Å². The van der Waals surface area contributed by atoms with Gasteiger partial charge in [-0.25, -0.2) is 0 Å². The van der Waals surface area contributed by atoms with E-state index in [0.29, 0.717) is 19.6 Å². The van der Waals surface area contributed by atoms with Gasteiger partial charge in [-0.15, -0.1) is 0 Å². The molecule has 42 heavy (non-hydrogen) atoms. The Balaban J connectivity index is 1.40. The molecule has 0 radical (unpaired) electrons. The van der Waals surface area contributed by atoms with E-state index in [2.05, 4.69) is 4.18 Å². The summed E-state index contributed by atoms with van der Waals surface area (Å²) in [6.45, 7) is 6.35. The minimum atomic E-state index is -5.95. The van der Waals surface area contributed by atoms with Crippen molar-refractivity contribution < 1.29 is 49.5 Å². The summed E-state index contributed by atoms with van der Waals surface area (Å²) in [5.41, 5.74) is -3.71. The maximum atomic E-state index is 13.2. The molecule has 0 N–H and O–H groups in total. The topological polar surface area (TPSA) is 89.5 Å². The monoisotopic (exact) mass is 612 g/mol. The highest BCUT2D eigenvalue weighted by Gasteiger charge is 2.60. The summed E-state index contributed by atoms with van der Waals surface area (Å²) in [6, 6.07) is 19.1. The molecule has 3 aliphatic heterocycles. The summed E-state index contributed by atoms with van der Waals surface area (Å²) < 4.78 is 99.1. The Kier molecular flexibility index (Phi) is 8.92. The van der Waals surface area contributed by atoms with Crippen LogP contribution in [0.2, 0.25) is 0 Å². The Hall–Kier alpha value is -2.64. The molecule has 2 fully saturated rings. The highest BCUT2D eigenvalue weighted by Crippen LogP contribution is 2.49. The molecule has 5 rings (SSSR count). The zero-order valence-corrected chi connectivity index (χ0v) is 24.3. The van der Waals surface area contributed by atoms with E-state index >= 15 is 0 Å². The Morgan fingerprint density at radius 3 is 2.10 bits per heavy atom. The Labute approximate surface area is 243 Å². The molecule has 230 valence electrons. The second-order valence-corrected chi connectivity index (χ2v) is 12.7. The fraction of sp³-hybridized carbons (Fsp3) is 0.533. The number of rotatable bonds is 8. The Morgan fingerprint density at radius 2 is 1.50 bits per heavy atom. The highest BCUT2D eigenvalue weighted by atomic mass is 32.2. The smallest absolute Gasteiger partial charge is 0.458 e. The minimum Gasteiger partial charge on any atom is -0.458 e. The number of fused-ring (bicyclic) bond motifs is 1. The van der Waals surface area contributed by atoms with E-state index in [1.54, 1.807) is 6.92 Å². The number of ether oxygens (including phenoxy) is 5. The van der Waals surface area contributed by atoms with Crippen LogP contribution in [0.5, 0.6) is 0 Å². The SMILES string of the molecule is C[C@@H]1[C@H]2OC(OS(=O)(=O)C(F)(F)F)=C[C@@H](C)[C@H](OCc3ccccc3)[C@@H]2O[C@]2(C[C@H](OCc3ccccc3)CO2)[C@H]1C. The van der Waals surface area contributed by atoms with Gasteiger partial charge in [0, 0.05) is 30.3 Å². The number of hydrogen-bond donors (Lipinski definition) is 0. The number of halogens is 3. The van der Waals surface area contributed by atoms with Crippen molar-refractivity contribution in [1.82, 2.24) is 0 Å². The first kappa shape index (κ1) is 30.8. The largest absolute Gasteiger partial charge is 0.534 e. The van der Waals surface area contributed by atoms with Crippen LogP contribution in [0.1, 0.15) is 38.3 Å². The zero-order valence-electron chi connectivity index (χ0n) is 23.5. The molecule has 2 aromatic rings. The molecule has 0 bridgehead atoms. The average molecular weight is 613 g/mol. The van der Waals surface area contributed by atoms with Crippen molar-refractivity contribution in [3.05, 3.63) is 83.8 Å². The normalized spacial score (nSPS) is 33.4. The molecule has 2 saturated heterocycles. The van der Waals surface area contributed by atoms with Crippen LogP contribution < -0.4 is 0 Å². The van der Waals surface area contributed by atoms with Gasteiger partial charge < -0.3 is 27.9 Å². The number of alkyl halides is 3. The van der Waals surface area contributed by atoms with Crippen molar-refractivity contribution in [2.24, 2.45) is 17.8 Å². The van der Waals surface area contributed by atoms with Gasteiger partial charge >= 0.3 is 15.6 Å². The first-order valence-electron chi connectivity index (χ1n) is 13.9. The van der Waals surface area contributed by atoms with Crippen molar-refractivity contribution in [2.45, 2.75) is 76.1 Å². The molecular weight excluding hydrogens is 577 g/mol. The van der Waals surface area contributed by atoms with Crippen LogP contribution in [-0.4, -0.2) is 50.7 Å². The third-order valence-corrected chi connectivity index (χ3v) is 9.22. The molecule has 0 saturated carbocycles. The molecule has 0 aliphatic carbocycles. The summed E-state index contributed by atoms with van der Waals surface area (Å²) in [7, 11) is -5.95. The lowest BCUT2D eigenvalue weighted by Crippen LogP contribution is -2.61. The third kappa shape index (κ3) is 6.47. The van der Waals surface area contributed by atoms with E-state index in [1.165, 1.54) is 6.08 Å². The summed E-state index contributed by atoms with van der Waals surface area (Å²) in [5, 5.41) is 0. The van der Waals surface area contributed by atoms with Gasteiger partial charge in [0.05, 0.1) is 32.0 Å². The summed E-state index contributed by atoms with van der Waals surface area (Å²) in [6.07, 6.45) is -1.07. The molecule has 0 amide bonds. The zero-order chi connectivity index (χ0) is 30.1. The highest BCUT2D eigenvalue weighted by molar-refractivity contribution is 7.87. The first-order chi connectivity index (χ1) is 19.9. The number of benzene rings is 2. The molecule has 8 nitrogen and oxygen atoms in total. The number of hydrogen-bond acceptors (Lipinski definition) is 8. The first-order valence-corrected chi connectivity index (χ1v) is 15.3. The molecule has 0 unspecified atom stereocenters. The lowest BCUT2D eigenvalue weighted by atomic mass is 9.76. The van der Waals surface area contributed by atoms with Gasteiger partial charge in [-0.05, 0) is 11.1 Å². The van der Waals surface area contributed by atoms with Gasteiger partial charge in [0.15, 0.2) is 5.79 Å². The van der Waals surface area contributed by atoms with E-state index in [9.17, 15) is 21.6 Å². The second kappa shape index (κ2) is 12.2. The van der Waals surface area contributed by atoms with Crippen molar-refractivity contribution in [3.8, 4) is 0 Å². The molecule has 8 atom stereocenters. The lowest BCUT2D eigenvalue weighted by molar-refractivity contribution is -0.338. The van der Waals surface area contributed by atoms with Gasteiger partial charge in [-0.1, -0.05) is 81.4 Å². The van der Waals surface area contributed by atoms with Crippen LogP contribution in [-0.2, 0) is 51.2 Å². The van der Waals surface area contributed by atoms with E-state index in [0.717, 1.165) is 11.1 Å². The third-order valence-electron chi connectivity index (χ3n) is 8.27. The standard InChI is InChI=1S/C30H35F3O8S/c1-19-14-25(41-42(34,35)30(31,32)33)39-27-20(2)21(3)29(15-24(18-38-29)36-16-22-10-6-4-7-11-22)40-28(27)26(19)37-17-23-12-8-5-9-13-23/h4-14,19-21,24,26-28H,15-18H2,1-3H3/t19-,20+,21+,24+,26+,27-,28+,29-/m1/s1. The van der Waals surface area contributed by atoms with Crippen molar-refractivity contribution in [3.63, 3.8) is 0 Å². The van der Waals surface area contributed by atoms with Crippen molar-refractivity contribution in [1.29, 1.82) is 0 Å². The van der Waals surface area contributed by atoms with Gasteiger partial charge in [-0.3, -0.25) is 0 Å². The summed E-state index contributed by atoms with van der Waals surface area (Å²) in [5.74, 6) is -3.12. The quantitative estimate of drug-likeness (QED) is 0.278. The molecule has 1 spiro atoms. The molecule has 0 aromatic heterocycles. The fourth-order valence-electron chi connectivity index (χ4n) is 5.78. The predicted octanol–water partition coefficient (Wildman–Crippen LogP) is 5.69. The maximum Gasteiger partial charge on any atom is 0.534 e. The van der Waals surface area contributed by atoms with Gasteiger partial charge in [0.2, 0.25) is 0 Å². The molecule has 2 aromatic carbocycles. The van der Waals surface area contributed by atoms with Crippen LogP contribution >= 0.6 is 0 Å². The lowest BCUT2D eigenvalue weighted by Gasteiger charge is -2.51. The van der Waals surface area contributed by atoms with Crippen molar-refractivity contribution >= 4 is 10.1 Å². The maximum absolute atomic E-state index is 13.2. The average Bonchev–Trinajstić information content (AvgIpc) is 3.31. The van der Waals surface area contributed by atoms with Gasteiger partial charge in [0.1, 0.15) is 12.2 Å². The Bertz CT molecular complexity index is 1340. The van der Waals surface area contributed by atoms with Crippen LogP contribution in [0.25, 0.3) is 0 Å². The molecule has 12 heteroatoms. The van der Waals surface area contributed by atoms with E-state index in [4.69, 9.17) is 23.7 Å². The van der Waals surface area contributed by atoms with E-state index < -0.39 is 51.6 Å². The second-order valence-electron chi connectivity index (χ2n) is 11.1. The molecular formula is C30H35F3O8S. The van der Waals surface area contributed by atoms with Gasteiger partial charge in [0.25, 0.3) is 5.95 Å². The predicted molar refractivity (Wildman–Crippen MR) is 145 cm³/mol. The summed E-state index contributed by atoms with van der Waals surface area (Å²) >= 11 is 0. The van der Waals surface area contributed by atoms with Crippen LogP contribution in [0.4, 0.5) is 13.2 Å². The fourth-order valence-corrected chi connectivity index (χ4v) is 6.19. The van der Waals surface area contributed by atoms with Crippen LogP contribution in [0.15, 0.2) is 72.7 Å². The van der Waals surface area contributed by atoms with Crippen molar-refractivity contribution in [2.75, 3.05) is 6.61 Å². The molecule has 3 aliphatic rings. The van der Waals surface area contributed by atoms with E-state index in [1.807, 2.05) is 74.5 Å². The van der Waals surface area contributed by atoms with Gasteiger partial charge in [-0.2, -0.15) is 21.6 Å². The Morgan fingerprint density at radius 1 is 0.905 bits per heavy atom. The van der Waals surface area contributed by atoms with E-state index in [-0.39, 0.29) is 24.5 Å². The molecule has 3 heterocycles.